The summed E-state index contributed by atoms with van der Waals surface area (Å²) < 4.78 is 24.3. The van der Waals surface area contributed by atoms with Gasteiger partial charge in [0.05, 0.1) is 23.6 Å². The number of halogens is 2. The summed E-state index contributed by atoms with van der Waals surface area (Å²) in [6, 6.07) is 4.10. The largest absolute Gasteiger partial charge is 0.469 e. The van der Waals surface area contributed by atoms with Crippen LogP contribution in [-0.4, -0.2) is 50.2 Å². The third kappa shape index (κ3) is 6.92. The third-order valence-electron chi connectivity index (χ3n) is 3.92. The summed E-state index contributed by atoms with van der Waals surface area (Å²) in [6.45, 7) is 5.34. The lowest BCUT2D eigenvalue weighted by Crippen LogP contribution is -2.38. The van der Waals surface area contributed by atoms with E-state index in [2.05, 4.69) is 6.92 Å². The minimum atomic E-state index is -0.683. The predicted molar refractivity (Wildman–Crippen MR) is 98.8 cm³/mol. The first-order valence-electron chi connectivity index (χ1n) is 8.81. The van der Waals surface area contributed by atoms with Crippen LogP contribution in [0.1, 0.15) is 43.5 Å². The molecule has 0 aliphatic heterocycles. The number of rotatable bonds is 11. The number of esters is 1. The van der Waals surface area contributed by atoms with Crippen LogP contribution in [0, 0.1) is 11.7 Å². The van der Waals surface area contributed by atoms with Crippen LogP contribution < -0.4 is 0 Å². The van der Waals surface area contributed by atoms with Gasteiger partial charge in [0, 0.05) is 26.3 Å². The number of amides is 1. The van der Waals surface area contributed by atoms with Crippen molar-refractivity contribution in [3.63, 3.8) is 0 Å². The van der Waals surface area contributed by atoms with Gasteiger partial charge in [-0.05, 0) is 25.0 Å². The van der Waals surface area contributed by atoms with Gasteiger partial charge < -0.3 is 14.4 Å². The van der Waals surface area contributed by atoms with Gasteiger partial charge in [0.2, 0.25) is 0 Å². The Labute approximate surface area is 159 Å². The van der Waals surface area contributed by atoms with E-state index in [9.17, 15) is 14.0 Å². The first-order valence-corrected chi connectivity index (χ1v) is 9.19. The lowest BCUT2D eigenvalue weighted by molar-refractivity contribution is -0.145. The number of methoxy groups -OCH3 is 1. The number of nitrogens with zero attached hydrogens (tertiary/aromatic N) is 1. The average molecular weight is 388 g/mol. The molecule has 0 aliphatic carbocycles. The van der Waals surface area contributed by atoms with Crippen LogP contribution in [0.5, 0.6) is 0 Å². The van der Waals surface area contributed by atoms with Gasteiger partial charge >= 0.3 is 5.97 Å². The summed E-state index contributed by atoms with van der Waals surface area (Å²) in [6.07, 6.45) is 2.61. The number of carbonyl (C=O) groups excluding carboxylic acids is 2. The number of hydrogen-bond donors (Lipinski definition) is 0. The Morgan fingerprint density at radius 1 is 1.27 bits per heavy atom. The van der Waals surface area contributed by atoms with Crippen molar-refractivity contribution < 1.29 is 23.5 Å². The van der Waals surface area contributed by atoms with Crippen LogP contribution in [0.25, 0.3) is 0 Å². The molecule has 0 spiro atoms. The minimum absolute atomic E-state index is 0.0462. The summed E-state index contributed by atoms with van der Waals surface area (Å²) in [5.41, 5.74) is -0.182. The van der Waals surface area contributed by atoms with Crippen molar-refractivity contribution in [2.45, 2.75) is 33.1 Å². The summed E-state index contributed by atoms with van der Waals surface area (Å²) in [5.74, 6) is -2.19. The Hall–Kier alpha value is -1.66. The molecule has 5 nitrogen and oxygen atoms in total. The van der Waals surface area contributed by atoms with E-state index in [-0.39, 0.29) is 17.1 Å². The van der Waals surface area contributed by atoms with E-state index in [1.807, 2.05) is 0 Å². The van der Waals surface area contributed by atoms with Crippen LogP contribution in [0.4, 0.5) is 4.39 Å². The molecule has 0 bridgehead atoms. The van der Waals surface area contributed by atoms with Gasteiger partial charge in [0.1, 0.15) is 5.82 Å². The maximum atomic E-state index is 14.1. The maximum absolute atomic E-state index is 14.1. The molecule has 0 heterocycles. The van der Waals surface area contributed by atoms with E-state index in [0.29, 0.717) is 26.2 Å². The molecule has 146 valence electrons. The Balaban J connectivity index is 2.82. The molecule has 1 aromatic carbocycles. The smallest absolute Gasteiger partial charge is 0.310 e. The predicted octanol–water partition coefficient (Wildman–Crippen LogP) is 3.94. The van der Waals surface area contributed by atoms with Crippen molar-refractivity contribution in [2.24, 2.45) is 5.92 Å². The molecule has 7 heteroatoms. The molecule has 0 aromatic heterocycles. The van der Waals surface area contributed by atoms with E-state index < -0.39 is 23.6 Å². The monoisotopic (exact) mass is 387 g/mol. The van der Waals surface area contributed by atoms with Crippen LogP contribution in [0.15, 0.2) is 18.2 Å². The van der Waals surface area contributed by atoms with Gasteiger partial charge in [0.15, 0.2) is 0 Å². The van der Waals surface area contributed by atoms with Crippen molar-refractivity contribution in [3.05, 3.63) is 34.6 Å². The second-order valence-electron chi connectivity index (χ2n) is 6.09. The number of unbranched alkanes of at least 4 members (excludes halogenated alkanes) is 1. The molecule has 0 N–H and O–H groups in total. The van der Waals surface area contributed by atoms with E-state index in [4.69, 9.17) is 21.1 Å². The average Bonchev–Trinajstić information content (AvgIpc) is 2.62. The van der Waals surface area contributed by atoms with E-state index in [0.717, 1.165) is 12.8 Å². The molecule has 0 saturated heterocycles. The highest BCUT2D eigenvalue weighted by molar-refractivity contribution is 6.33. The molecule has 0 fully saturated rings. The van der Waals surface area contributed by atoms with E-state index in [1.165, 1.54) is 30.2 Å². The zero-order chi connectivity index (χ0) is 19.5. The molecular weight excluding hydrogens is 361 g/mol. The molecule has 1 atom stereocenters. The molecule has 1 aromatic rings. The molecule has 0 saturated carbocycles. The minimum Gasteiger partial charge on any atom is -0.469 e. The summed E-state index contributed by atoms with van der Waals surface area (Å²) in [5, 5.41) is 0.0462. The highest BCUT2D eigenvalue weighted by atomic mass is 35.5. The number of hydrogen-bond acceptors (Lipinski definition) is 4. The Bertz CT molecular complexity index is 577. The van der Waals surface area contributed by atoms with Crippen molar-refractivity contribution in [1.29, 1.82) is 0 Å². The van der Waals surface area contributed by atoms with Crippen LogP contribution in [0.3, 0.4) is 0 Å². The van der Waals surface area contributed by atoms with E-state index >= 15 is 0 Å². The maximum Gasteiger partial charge on any atom is 0.310 e. The zero-order valence-electron chi connectivity index (χ0n) is 15.6. The van der Waals surface area contributed by atoms with Gasteiger partial charge in [-0.2, -0.15) is 0 Å². The quantitative estimate of drug-likeness (QED) is 0.426. The molecule has 0 radical (unpaired) electrons. The fourth-order valence-electron chi connectivity index (χ4n) is 2.45. The highest BCUT2D eigenvalue weighted by Crippen LogP contribution is 2.21. The van der Waals surface area contributed by atoms with Gasteiger partial charge in [0.25, 0.3) is 5.91 Å². The molecule has 1 rings (SSSR count). The van der Waals surface area contributed by atoms with Crippen LogP contribution >= 0.6 is 11.6 Å². The number of ether oxygens (including phenoxy) is 2. The topological polar surface area (TPSA) is 55.8 Å². The van der Waals surface area contributed by atoms with Crippen molar-refractivity contribution in [3.8, 4) is 0 Å². The molecule has 26 heavy (non-hydrogen) atoms. The van der Waals surface area contributed by atoms with Gasteiger partial charge in [-0.25, -0.2) is 4.39 Å². The lowest BCUT2D eigenvalue weighted by Gasteiger charge is -2.25. The number of carbonyl (C=O) groups is 2. The van der Waals surface area contributed by atoms with E-state index in [1.54, 1.807) is 6.92 Å². The van der Waals surface area contributed by atoms with Crippen LogP contribution in [0.2, 0.25) is 5.02 Å². The fourth-order valence-corrected chi connectivity index (χ4v) is 2.69. The number of benzene rings is 1. The van der Waals surface area contributed by atoms with Gasteiger partial charge in [-0.3, -0.25) is 9.59 Å². The Morgan fingerprint density at radius 3 is 2.58 bits per heavy atom. The standard InChI is InChI=1S/C19H27ClFNO4/c1-4-5-11-26-12-7-10-22(13-14(2)19(24)25-3)18(23)17-15(20)8-6-9-16(17)21/h6,8-9,14H,4-5,7,10-13H2,1-3H3. The Morgan fingerprint density at radius 2 is 1.96 bits per heavy atom. The summed E-state index contributed by atoms with van der Waals surface area (Å²) >= 11 is 6.01. The SMILES string of the molecule is CCCCOCCCN(CC(C)C(=O)OC)C(=O)c1c(F)cccc1Cl. The van der Waals surface area contributed by atoms with Crippen molar-refractivity contribution in [2.75, 3.05) is 33.4 Å². The molecular formula is C19H27ClFNO4. The summed E-state index contributed by atoms with van der Waals surface area (Å²) in [4.78, 5) is 25.9. The third-order valence-corrected chi connectivity index (χ3v) is 4.24. The fraction of sp³-hybridized carbons (Fsp3) is 0.579. The molecule has 0 aliphatic rings. The zero-order valence-corrected chi connectivity index (χ0v) is 16.4. The normalized spacial score (nSPS) is 11.9. The Kier molecular flexibility index (Phi) is 10.2. The lowest BCUT2D eigenvalue weighted by atomic mass is 10.1. The van der Waals surface area contributed by atoms with Gasteiger partial charge in [-0.15, -0.1) is 0 Å². The summed E-state index contributed by atoms with van der Waals surface area (Å²) in [7, 11) is 1.29. The molecule has 1 amide bonds. The second-order valence-corrected chi connectivity index (χ2v) is 6.50. The second kappa shape index (κ2) is 11.9. The van der Waals surface area contributed by atoms with Crippen molar-refractivity contribution >= 4 is 23.5 Å². The van der Waals surface area contributed by atoms with Gasteiger partial charge in [-0.1, -0.05) is 37.9 Å². The molecule has 1 unspecified atom stereocenters. The first-order chi connectivity index (χ1) is 12.4. The van der Waals surface area contributed by atoms with Crippen LogP contribution in [-0.2, 0) is 14.3 Å². The highest BCUT2D eigenvalue weighted by Gasteiger charge is 2.25. The first kappa shape index (κ1) is 22.4. The van der Waals surface area contributed by atoms with Crippen molar-refractivity contribution in [1.82, 2.24) is 4.90 Å².